The second-order valence-corrected chi connectivity index (χ2v) is 29.7. The molecule has 119 heavy (non-hydrogen) atoms. The van der Waals surface area contributed by atoms with Gasteiger partial charge in [-0.15, -0.1) is 0 Å². The molecule has 12 rings (SSSR count). The van der Waals surface area contributed by atoms with Crippen molar-refractivity contribution in [2.45, 2.75) is 156 Å². The van der Waals surface area contributed by atoms with Crippen molar-refractivity contribution in [3.63, 3.8) is 0 Å². The fourth-order valence-electron chi connectivity index (χ4n) is 13.9. The topological polar surface area (TPSA) is 578 Å². The van der Waals surface area contributed by atoms with Crippen LogP contribution in [0.2, 0.25) is 10.0 Å². The predicted molar refractivity (Wildman–Crippen MR) is 415 cm³/mol. The fourth-order valence-corrected chi connectivity index (χ4v) is 14.3. The minimum absolute atomic E-state index is 0.0954. The van der Waals surface area contributed by atoms with Gasteiger partial charge in [0.2, 0.25) is 53.4 Å². The molecule has 18 atom stereocenters. The number of likely N-dealkylation sites (N-methyl/N-ethyl adjacent to an activating group) is 1. The molecule has 11 bridgehead atoms. The number of nitrogens with one attached hydrogen (secondary N) is 7. The Morgan fingerprint density at radius 3 is 1.95 bits per heavy atom. The number of carbonyl (C=O) groups is 10. The molecule has 8 amide bonds. The Hall–Kier alpha value is -11.9. The lowest BCUT2D eigenvalue weighted by Crippen LogP contribution is -2.65. The molecule has 636 valence electrons. The molecule has 2 saturated heterocycles. The minimum atomic E-state index is -2.44. The summed E-state index contributed by atoms with van der Waals surface area (Å²) >= 11 is 14.3. The first-order chi connectivity index (χ1) is 56.5. The predicted octanol–water partition coefficient (Wildman–Crippen LogP) is 3.46. The lowest BCUT2D eigenvalue weighted by atomic mass is 9.85. The van der Waals surface area contributed by atoms with Gasteiger partial charge in [-0.3, -0.25) is 48.6 Å². The number of amides is 8. The van der Waals surface area contributed by atoms with Gasteiger partial charge in [-0.25, -0.2) is 9.59 Å². The standard InChI is InChI=1S/C78H88Cl2N12O27/c1-9-18-111-54(97)32-83-78(7)30-55(114-34(6)68(78)102)118-67-65(101)64(100)52(31-84-91-82)117-76(67)119-66-50-25-38-26-51(66)116-49-17-14-37(24-43(49)80)63(99)61-74(108)88-59(75(109)112-19-10-2)41-27-39(93)28-47(95)56(41)40-22-35(12-15-46(40)94)57(71(105)90-61)87-72(106)58(38)86-69(103)44(29-53(81)96)85-73(107)60(62(98)36-13-16-48(115-50)42(79)23-36)89-70(104)45(21-33(4)5)92(8)77(110)113-20-11-3/h9-17,22-28,33-34,44-45,52,55,57-65,67-68,76,83,93-95,98-102H,1-3,18-21,29-32H2,4-8H3,(H2,81,96)(H,85,107)(H,86,103)(H,87,106)(H,88,108)(H,89,104)(H,90,105)/t34?,44-,45+,52?,55?,57?,58+,59+,60+,61-,62+,63+,64?,65?,67?,68?,76?,78?/m0/s1. The monoisotopic (exact) mass is 1690 g/mol. The second-order valence-electron chi connectivity index (χ2n) is 28.9. The van der Waals surface area contributed by atoms with Crippen molar-refractivity contribution in [3.05, 3.63) is 165 Å². The zero-order valence-corrected chi connectivity index (χ0v) is 65.9. The van der Waals surface area contributed by atoms with Gasteiger partial charge in [-0.2, -0.15) is 0 Å². The second kappa shape index (κ2) is 38.7. The van der Waals surface area contributed by atoms with E-state index in [-0.39, 0.29) is 48.7 Å². The van der Waals surface area contributed by atoms with Gasteiger partial charge in [0.25, 0.3) is 0 Å². The largest absolute Gasteiger partial charge is 0.508 e. The molecule has 0 radical (unpaired) electrons. The number of halogens is 2. The third-order valence-electron chi connectivity index (χ3n) is 19.9. The van der Waals surface area contributed by atoms with Crippen LogP contribution in [0.1, 0.15) is 105 Å². The van der Waals surface area contributed by atoms with Crippen LogP contribution in [-0.4, -0.2) is 224 Å². The van der Waals surface area contributed by atoms with Crippen LogP contribution in [0.25, 0.3) is 21.6 Å². The highest BCUT2D eigenvalue weighted by Crippen LogP contribution is 2.50. The average Bonchev–Trinajstić information content (AvgIpc) is 0.768. The quantitative estimate of drug-likeness (QED) is 0.0111. The molecular weight excluding hydrogens is 1610 g/mol. The van der Waals surface area contributed by atoms with Crippen molar-refractivity contribution >= 4 is 82.6 Å². The normalized spacial score (nSPS) is 26.4. The number of hydrogen-bond acceptors (Lipinski definition) is 29. The highest BCUT2D eigenvalue weighted by molar-refractivity contribution is 6.32. The van der Waals surface area contributed by atoms with Crippen LogP contribution >= 0.6 is 23.2 Å². The number of primary amides is 1. The van der Waals surface area contributed by atoms with Crippen LogP contribution in [0.15, 0.2) is 122 Å². The zero-order chi connectivity index (χ0) is 86.8. The Bertz CT molecular complexity index is 4820. The van der Waals surface area contributed by atoms with Gasteiger partial charge < -0.3 is 121 Å². The first-order valence-electron chi connectivity index (χ1n) is 36.9. The number of azide groups is 1. The first-order valence-corrected chi connectivity index (χ1v) is 37.7. The van der Waals surface area contributed by atoms with Crippen molar-refractivity contribution in [1.82, 2.24) is 42.1 Å². The van der Waals surface area contributed by atoms with Gasteiger partial charge >= 0.3 is 18.0 Å². The van der Waals surface area contributed by atoms with E-state index in [1.807, 2.05) is 0 Å². The van der Waals surface area contributed by atoms with E-state index in [0.717, 1.165) is 89.8 Å². The number of hydrogen-bond donors (Lipinski definition) is 16. The molecule has 7 aliphatic heterocycles. The van der Waals surface area contributed by atoms with E-state index in [1.165, 1.54) is 33.0 Å². The third-order valence-corrected chi connectivity index (χ3v) is 20.5. The summed E-state index contributed by atoms with van der Waals surface area (Å²) in [6.45, 7) is 14.9. The van der Waals surface area contributed by atoms with Crippen molar-refractivity contribution < 1.29 is 131 Å². The van der Waals surface area contributed by atoms with Crippen LogP contribution in [-0.2, 0) is 71.6 Å². The average molecular weight is 1700 g/mol. The number of carbonyl (C=O) groups excluding carboxylic acids is 10. The lowest BCUT2D eigenvalue weighted by Gasteiger charge is -2.48. The maximum atomic E-state index is 16.3. The van der Waals surface area contributed by atoms with E-state index in [4.69, 9.17) is 71.6 Å². The van der Waals surface area contributed by atoms with Crippen molar-refractivity contribution in [1.29, 1.82) is 0 Å². The number of nitrogens with zero attached hydrogens (tertiary/aromatic N) is 4. The van der Waals surface area contributed by atoms with E-state index < -0.39 is 273 Å². The molecule has 0 aliphatic carbocycles. The third kappa shape index (κ3) is 20.6. The van der Waals surface area contributed by atoms with Crippen molar-refractivity contribution in [2.75, 3.05) is 40.0 Å². The van der Waals surface area contributed by atoms with Crippen molar-refractivity contribution in [2.24, 2.45) is 16.8 Å². The van der Waals surface area contributed by atoms with Crippen LogP contribution < -0.4 is 57.2 Å². The Kier molecular flexibility index (Phi) is 29.1. The summed E-state index contributed by atoms with van der Waals surface area (Å²) in [5, 5.41) is 116. The molecular formula is C78H88Cl2N12O27. The van der Waals surface area contributed by atoms with Gasteiger partial charge in [0.05, 0.1) is 47.9 Å². The Labute approximate surface area is 688 Å². The van der Waals surface area contributed by atoms with Gasteiger partial charge in [-0.1, -0.05) is 98.3 Å². The highest BCUT2D eigenvalue weighted by atomic mass is 35.5. The molecule has 5 aromatic rings. The molecule has 7 heterocycles. The van der Waals surface area contributed by atoms with Gasteiger partial charge in [0.15, 0.2) is 29.9 Å². The number of phenols is 3. The molecule has 7 aliphatic rings. The fraction of sp³-hybridized carbons (Fsp3) is 0.410. The highest BCUT2D eigenvalue weighted by Gasteiger charge is 2.53. The van der Waals surface area contributed by atoms with Gasteiger partial charge in [-0.05, 0) is 109 Å². The number of esters is 2. The van der Waals surface area contributed by atoms with E-state index >= 15 is 24.0 Å². The molecule has 2 fully saturated rings. The van der Waals surface area contributed by atoms with Crippen LogP contribution in [0, 0.1) is 5.92 Å². The SMILES string of the molecule is C=CCOC(=O)CNC1(C)CC(OC2C(Oc3c4cc5cc3Oc3ccc(cc3Cl)[C@@H](O)[C@@H](NC(=O)[C@@H](CC(C)C)N(C)C(=O)OCC=C)C(=O)N[C@@H](CC(N)=O)C(=O)N[C@H]5C(=O)NC3C(=O)N[C@H](C(=O)N[C@@H](C(=O)OCC=C)c5cc(O)cc(O)c5-c5cc3ccc5O)[C@H](O)c3ccc(c(Cl)c3)O4)OC(CN=[N+]=[N-])C(O)C2O)OC(C)C1O. The van der Waals surface area contributed by atoms with Crippen molar-refractivity contribution in [3.8, 4) is 57.1 Å². The number of nitrogens with two attached hydrogens (primary N) is 1. The first kappa shape index (κ1) is 89.5. The summed E-state index contributed by atoms with van der Waals surface area (Å²) in [6.07, 6.45) is -17.4. The molecule has 0 saturated carbocycles. The molecule has 39 nitrogen and oxygen atoms in total. The number of phenolic OH excluding ortho intramolecular Hbond substituents is 3. The van der Waals surface area contributed by atoms with Crippen LogP contribution in [0.4, 0.5) is 4.79 Å². The molecule has 0 spiro atoms. The smallest absolute Gasteiger partial charge is 0.410 e. The maximum Gasteiger partial charge on any atom is 0.410 e. The summed E-state index contributed by atoms with van der Waals surface area (Å²) in [6, 6.07) is -1.66. The van der Waals surface area contributed by atoms with E-state index in [1.54, 1.807) is 13.8 Å². The zero-order valence-electron chi connectivity index (χ0n) is 64.4. The summed E-state index contributed by atoms with van der Waals surface area (Å²) in [7, 11) is 1.22. The summed E-state index contributed by atoms with van der Waals surface area (Å²) < 4.78 is 55.0. The molecule has 41 heteroatoms. The lowest BCUT2D eigenvalue weighted by molar-refractivity contribution is -0.331. The Morgan fingerprint density at radius 1 is 0.723 bits per heavy atom. The minimum Gasteiger partial charge on any atom is -0.508 e. The molecule has 5 aromatic carbocycles. The number of fused-ring (bicyclic) bond motifs is 15. The van der Waals surface area contributed by atoms with Crippen LogP contribution in [0.3, 0.4) is 0 Å². The van der Waals surface area contributed by atoms with E-state index in [2.05, 4.69) is 67.0 Å². The number of aliphatic hydroxyl groups excluding tert-OH is 5. The summed E-state index contributed by atoms with van der Waals surface area (Å²) in [4.78, 5) is 151. The van der Waals surface area contributed by atoms with E-state index in [0.29, 0.717) is 0 Å². The van der Waals surface area contributed by atoms with E-state index in [9.17, 15) is 70.4 Å². The molecule has 10 unspecified atom stereocenters. The molecule has 17 N–H and O–H groups in total. The number of rotatable bonds is 23. The Balaban J connectivity index is 1.23. The number of benzene rings is 5. The molecule has 0 aromatic heterocycles. The summed E-state index contributed by atoms with van der Waals surface area (Å²) in [5.74, 6) is -17.3. The van der Waals surface area contributed by atoms with Crippen LogP contribution in [0.5, 0.6) is 46.0 Å². The Morgan fingerprint density at radius 2 is 1.33 bits per heavy atom. The number of aliphatic hydroxyl groups is 5. The summed E-state index contributed by atoms with van der Waals surface area (Å²) in [5.41, 5.74) is 11.0. The van der Waals surface area contributed by atoms with Gasteiger partial charge in [0, 0.05) is 46.7 Å². The van der Waals surface area contributed by atoms with Gasteiger partial charge in [0.1, 0.15) is 109 Å². The number of ether oxygens (including phenoxy) is 9. The maximum absolute atomic E-state index is 16.3. The number of aromatic hydroxyl groups is 3.